The number of benzene rings is 1. The molecule has 0 saturated carbocycles. The Hall–Kier alpha value is -3.35. The molecule has 1 aromatic carbocycles. The molecular weight excluding hydrogens is 773 g/mol. The van der Waals surface area contributed by atoms with Crippen molar-refractivity contribution in [2.24, 2.45) is 0 Å². The molecule has 0 fully saturated rings. The Labute approximate surface area is 290 Å². The minimum atomic E-state index is -7.94. The Morgan fingerprint density at radius 3 is 1.70 bits per heavy atom. The summed E-state index contributed by atoms with van der Waals surface area (Å²) in [6.45, 7) is -0.0683. The van der Waals surface area contributed by atoms with Crippen LogP contribution in [0.2, 0.25) is 0 Å². The number of nitrogens with zero attached hydrogens (tertiary/aromatic N) is 2. The van der Waals surface area contributed by atoms with Crippen molar-refractivity contribution in [3.05, 3.63) is 36.7 Å². The number of unbranched alkanes of at least 4 members (excludes halogenated alkanes) is 1. The highest BCUT2D eigenvalue weighted by Crippen LogP contribution is 2.56. The van der Waals surface area contributed by atoms with Gasteiger partial charge in [-0.15, -0.1) is 0 Å². The summed E-state index contributed by atoms with van der Waals surface area (Å²) < 4.78 is 228. The summed E-state index contributed by atoms with van der Waals surface area (Å²) >= 11 is 0. The molecule has 0 saturated heterocycles. The van der Waals surface area contributed by atoms with Gasteiger partial charge >= 0.3 is 42.5 Å². The van der Waals surface area contributed by atoms with Crippen LogP contribution in [-0.2, 0) is 23.7 Å². The van der Waals surface area contributed by atoms with Gasteiger partial charge in [-0.3, -0.25) is 0 Å². The molecule has 9 nitrogen and oxygen atoms in total. The summed E-state index contributed by atoms with van der Waals surface area (Å²) in [7, 11) is 0. The molecule has 2 rings (SSSR count). The highest BCUT2D eigenvalue weighted by Gasteiger charge is 2.85. The monoisotopic (exact) mass is 804 g/mol. The van der Waals surface area contributed by atoms with E-state index in [0.29, 0.717) is 24.6 Å². The lowest BCUT2D eigenvalue weighted by molar-refractivity contribution is -0.543. The molecular formula is C29H31F15N2O7. The lowest BCUT2D eigenvalue weighted by Gasteiger charge is -2.36. The first-order valence-corrected chi connectivity index (χ1v) is 15.0. The third-order valence-electron chi connectivity index (χ3n) is 6.22. The minimum absolute atomic E-state index is 0.0252. The Morgan fingerprint density at radius 1 is 0.547 bits per heavy atom. The second-order valence-electron chi connectivity index (χ2n) is 10.5. The van der Waals surface area contributed by atoms with Gasteiger partial charge in [0.05, 0.1) is 33.0 Å². The summed E-state index contributed by atoms with van der Waals surface area (Å²) in [5.41, 5.74) is 0.494. The van der Waals surface area contributed by atoms with Crippen LogP contribution in [-0.4, -0.2) is 105 Å². The number of aromatic nitrogens is 2. The van der Waals surface area contributed by atoms with Crippen LogP contribution in [0.25, 0.3) is 11.4 Å². The van der Waals surface area contributed by atoms with Crippen LogP contribution in [0.3, 0.4) is 0 Å². The zero-order valence-corrected chi connectivity index (χ0v) is 27.2. The number of rotatable bonds is 25. The van der Waals surface area contributed by atoms with Gasteiger partial charge in [-0.2, -0.15) is 65.9 Å². The van der Waals surface area contributed by atoms with E-state index in [1.54, 1.807) is 10.8 Å². The molecule has 0 aliphatic carbocycles. The summed E-state index contributed by atoms with van der Waals surface area (Å²) in [6.07, 6.45) is -30.6. The van der Waals surface area contributed by atoms with Crippen molar-refractivity contribution in [2.45, 2.75) is 68.6 Å². The van der Waals surface area contributed by atoms with Gasteiger partial charge in [-0.1, -0.05) is 13.3 Å². The second kappa shape index (κ2) is 18.8. The van der Waals surface area contributed by atoms with E-state index in [9.17, 15) is 65.9 Å². The summed E-state index contributed by atoms with van der Waals surface area (Å²) in [4.78, 5) is 8.21. The molecule has 2 aromatic rings. The van der Waals surface area contributed by atoms with Gasteiger partial charge in [-0.25, -0.2) is 19.4 Å². The Balaban J connectivity index is 1.94. The molecule has 0 bridgehead atoms. The topological polar surface area (TPSA) is 90.4 Å². The van der Waals surface area contributed by atoms with Crippen LogP contribution in [0.4, 0.5) is 65.9 Å². The number of halogens is 15. The van der Waals surface area contributed by atoms with E-state index in [0.717, 1.165) is 12.8 Å². The molecule has 0 aliphatic heterocycles. The maximum Gasteiger partial charge on any atom is 0.460 e. The Morgan fingerprint density at radius 2 is 1.09 bits per heavy atom. The van der Waals surface area contributed by atoms with Crippen LogP contribution in [0.5, 0.6) is 11.5 Å². The van der Waals surface area contributed by atoms with Crippen molar-refractivity contribution in [2.75, 3.05) is 52.9 Å². The van der Waals surface area contributed by atoms with Gasteiger partial charge in [-0.05, 0) is 30.7 Å². The lowest BCUT2D eigenvalue weighted by Crippen LogP contribution is -2.64. The maximum atomic E-state index is 13.8. The molecule has 0 aliphatic rings. The molecule has 304 valence electrons. The van der Waals surface area contributed by atoms with E-state index in [2.05, 4.69) is 19.4 Å². The molecule has 1 heterocycles. The smallest absolute Gasteiger partial charge is 0.460 e. The normalized spacial score (nSPS) is 13.7. The summed E-state index contributed by atoms with van der Waals surface area (Å²) in [5.74, 6) is -15.2. The number of ether oxygens (including phenoxy) is 7. The van der Waals surface area contributed by atoms with Gasteiger partial charge in [0.1, 0.15) is 13.2 Å². The van der Waals surface area contributed by atoms with Crippen LogP contribution < -0.4 is 9.47 Å². The quantitative estimate of drug-likeness (QED) is 0.0726. The molecule has 0 unspecified atom stereocenters. The Kier molecular flexibility index (Phi) is 16.2. The molecule has 0 radical (unpaired) electrons. The van der Waals surface area contributed by atoms with E-state index in [1.165, 1.54) is 30.6 Å². The van der Waals surface area contributed by atoms with Crippen LogP contribution >= 0.6 is 0 Å². The zero-order chi connectivity index (χ0) is 40.2. The fraction of sp³-hybridized carbons (Fsp3) is 0.655. The van der Waals surface area contributed by atoms with E-state index < -0.39 is 55.7 Å². The SMILES string of the molecule is CCCCOCCOCCOc1cc(-c2ncccn2)ccc1OCCCOCC(F)(F)OC(F)(F)C(F)(F)OC(F)(F)C(F)(F)C(F)(F)C(F)(F)F. The zero-order valence-electron chi connectivity index (χ0n) is 27.2. The lowest BCUT2D eigenvalue weighted by atomic mass is 10.1. The molecule has 0 spiro atoms. The molecule has 0 atom stereocenters. The summed E-state index contributed by atoms with van der Waals surface area (Å²) in [5, 5.41) is 0. The van der Waals surface area contributed by atoms with E-state index in [-0.39, 0.29) is 44.3 Å². The van der Waals surface area contributed by atoms with Gasteiger partial charge in [0, 0.05) is 31.0 Å². The van der Waals surface area contributed by atoms with Crippen molar-refractivity contribution < 1.29 is 99.0 Å². The van der Waals surface area contributed by atoms with Crippen LogP contribution in [0.1, 0.15) is 26.2 Å². The average Bonchev–Trinajstić information content (AvgIpc) is 3.04. The molecule has 53 heavy (non-hydrogen) atoms. The van der Waals surface area contributed by atoms with Crippen molar-refractivity contribution in [3.63, 3.8) is 0 Å². The minimum Gasteiger partial charge on any atom is -0.490 e. The second-order valence-corrected chi connectivity index (χ2v) is 10.5. The molecule has 1 aromatic heterocycles. The maximum absolute atomic E-state index is 13.8. The van der Waals surface area contributed by atoms with E-state index in [4.69, 9.17) is 18.9 Å². The fourth-order valence-corrected chi connectivity index (χ4v) is 3.56. The average molecular weight is 805 g/mol. The number of alkyl halides is 15. The van der Waals surface area contributed by atoms with E-state index >= 15 is 0 Å². The largest absolute Gasteiger partial charge is 0.490 e. The molecule has 24 heteroatoms. The van der Waals surface area contributed by atoms with Crippen LogP contribution in [0.15, 0.2) is 36.7 Å². The van der Waals surface area contributed by atoms with Crippen molar-refractivity contribution in [3.8, 4) is 22.9 Å². The molecule has 0 N–H and O–H groups in total. The highest BCUT2D eigenvalue weighted by molar-refractivity contribution is 5.60. The first-order valence-electron chi connectivity index (χ1n) is 15.0. The first-order chi connectivity index (χ1) is 24.4. The number of hydrogen-bond acceptors (Lipinski definition) is 9. The highest BCUT2D eigenvalue weighted by atomic mass is 19.4. The summed E-state index contributed by atoms with van der Waals surface area (Å²) in [6, 6.07) is 6.05. The van der Waals surface area contributed by atoms with Crippen molar-refractivity contribution in [1.29, 1.82) is 0 Å². The van der Waals surface area contributed by atoms with Gasteiger partial charge in [0.15, 0.2) is 17.3 Å². The molecule has 0 amide bonds. The predicted octanol–water partition coefficient (Wildman–Crippen LogP) is 8.38. The van der Waals surface area contributed by atoms with Gasteiger partial charge in [0.25, 0.3) is 0 Å². The standard InChI is InChI=1S/C29H31F15N2O7/c1-2-3-10-47-13-14-48-15-16-51-21-17-19(22-45-8-4-9-46-22)6-7-20(21)50-12-5-11-49-18-23(30,31)52-28(41,42)29(43,44)53-27(39,40)25(34,35)24(32,33)26(36,37)38/h4,6-9,17H,2-3,5,10-16,18H2,1H3. The van der Waals surface area contributed by atoms with Gasteiger partial charge in [0.2, 0.25) is 0 Å². The van der Waals surface area contributed by atoms with Crippen LogP contribution in [0, 0.1) is 0 Å². The Bertz CT molecular complexity index is 1390. The number of hydrogen-bond donors (Lipinski definition) is 0. The van der Waals surface area contributed by atoms with Crippen molar-refractivity contribution in [1.82, 2.24) is 9.97 Å². The third-order valence-corrected chi connectivity index (χ3v) is 6.22. The first kappa shape index (κ1) is 45.8. The third kappa shape index (κ3) is 12.9. The van der Waals surface area contributed by atoms with Crippen molar-refractivity contribution >= 4 is 0 Å². The fourth-order valence-electron chi connectivity index (χ4n) is 3.56. The van der Waals surface area contributed by atoms with Gasteiger partial charge < -0.3 is 23.7 Å². The predicted molar refractivity (Wildman–Crippen MR) is 148 cm³/mol. The van der Waals surface area contributed by atoms with E-state index in [1.807, 2.05) is 6.92 Å².